The van der Waals surface area contributed by atoms with E-state index in [4.69, 9.17) is 21.5 Å². The van der Waals surface area contributed by atoms with Gasteiger partial charge in [0.05, 0.1) is 11.6 Å². The Kier molecular flexibility index (Phi) is 5.68. The van der Waals surface area contributed by atoms with Crippen molar-refractivity contribution in [2.24, 2.45) is 5.14 Å². The Morgan fingerprint density at radius 1 is 1.27 bits per heavy atom. The van der Waals surface area contributed by atoms with Gasteiger partial charge in [0.1, 0.15) is 5.75 Å². The van der Waals surface area contributed by atoms with Crippen LogP contribution in [0.4, 0.5) is 0 Å². The van der Waals surface area contributed by atoms with Crippen LogP contribution in [0, 0.1) is 0 Å². The fourth-order valence-electron chi connectivity index (χ4n) is 2.53. The van der Waals surface area contributed by atoms with Crippen molar-refractivity contribution in [2.45, 2.75) is 44.3 Å². The van der Waals surface area contributed by atoms with E-state index in [0.29, 0.717) is 29.2 Å². The molecule has 0 atom stereocenters. The fourth-order valence-corrected chi connectivity index (χ4v) is 3.08. The monoisotopic (exact) mass is 349 g/mol. The van der Waals surface area contributed by atoms with Crippen LogP contribution in [0.2, 0.25) is 5.02 Å². The molecule has 0 amide bonds. The normalized spacial score (nSPS) is 18.1. The molecule has 1 aliphatic carbocycles. The summed E-state index contributed by atoms with van der Waals surface area (Å²) in [5.74, 6) is -0.856. The average molecular weight is 350 g/mol. The van der Waals surface area contributed by atoms with Gasteiger partial charge < -0.3 is 9.84 Å². The van der Waals surface area contributed by atoms with Gasteiger partial charge in [-0.3, -0.25) is 4.18 Å². The molecule has 3 N–H and O–H groups in total. The number of nitrogens with two attached hydrogens (primary N) is 1. The maximum absolute atomic E-state index is 10.8. The van der Waals surface area contributed by atoms with Crippen LogP contribution < -0.4 is 9.88 Å². The molecule has 0 saturated heterocycles. The van der Waals surface area contributed by atoms with E-state index >= 15 is 0 Å². The number of hydrogen-bond acceptors (Lipinski definition) is 5. The van der Waals surface area contributed by atoms with Crippen molar-refractivity contribution >= 4 is 21.9 Å². The second-order valence-electron chi connectivity index (χ2n) is 5.40. The Labute approximate surface area is 135 Å². The maximum atomic E-state index is 10.8. The molecule has 6 nitrogen and oxygen atoms in total. The molecule has 0 aliphatic heterocycles. The lowest BCUT2D eigenvalue weighted by molar-refractivity contribution is -0.159. The Bertz CT molecular complexity index is 614. The molecule has 1 aromatic carbocycles. The van der Waals surface area contributed by atoms with Crippen molar-refractivity contribution in [3.63, 3.8) is 0 Å². The largest absolute Gasteiger partial charge is 0.461 e. The number of aliphatic hydroxyl groups is 1. The molecule has 1 aromatic rings. The summed E-state index contributed by atoms with van der Waals surface area (Å²) >= 11 is 6.16. The van der Waals surface area contributed by atoms with Crippen LogP contribution in [-0.2, 0) is 20.9 Å². The highest BCUT2D eigenvalue weighted by Crippen LogP contribution is 2.36. The number of hydrogen-bond donors (Lipinski definition) is 2. The van der Waals surface area contributed by atoms with Gasteiger partial charge in [-0.1, -0.05) is 30.2 Å². The van der Waals surface area contributed by atoms with E-state index in [0.717, 1.165) is 19.3 Å². The molecule has 0 aromatic heterocycles. The first-order chi connectivity index (χ1) is 10.3. The molecule has 0 heterocycles. The van der Waals surface area contributed by atoms with Gasteiger partial charge in [-0.2, -0.15) is 8.42 Å². The molecule has 1 aliphatic rings. The van der Waals surface area contributed by atoms with Gasteiger partial charge in [0.15, 0.2) is 0 Å². The molecule has 0 spiro atoms. The summed E-state index contributed by atoms with van der Waals surface area (Å²) in [4.78, 5) is 0. The van der Waals surface area contributed by atoms with E-state index in [2.05, 4.69) is 4.18 Å². The standard InChI is InChI=1S/C14H20ClNO5S/c15-12-6-4-5-11(7-10-20-22(16,18)19)13(12)21-14(17)8-2-1-3-9-14/h4-6,17H,1-3,7-10H2,(H2,16,18,19). The lowest BCUT2D eigenvalue weighted by Gasteiger charge is -2.33. The van der Waals surface area contributed by atoms with Crippen LogP contribution in [0.1, 0.15) is 37.7 Å². The second kappa shape index (κ2) is 7.14. The molecule has 0 bridgehead atoms. The van der Waals surface area contributed by atoms with Crippen molar-refractivity contribution in [2.75, 3.05) is 6.61 Å². The van der Waals surface area contributed by atoms with Crippen molar-refractivity contribution in [1.29, 1.82) is 0 Å². The quantitative estimate of drug-likeness (QED) is 0.766. The van der Waals surface area contributed by atoms with E-state index in [-0.39, 0.29) is 13.0 Å². The average Bonchev–Trinajstić information content (AvgIpc) is 2.42. The number of ether oxygens (including phenoxy) is 1. The Morgan fingerprint density at radius 3 is 2.59 bits per heavy atom. The number of benzene rings is 1. The van der Waals surface area contributed by atoms with E-state index in [9.17, 15) is 13.5 Å². The zero-order chi connectivity index (χ0) is 16.2. The summed E-state index contributed by atoms with van der Waals surface area (Å²) in [6.45, 7) is -0.117. The van der Waals surface area contributed by atoms with Crippen LogP contribution in [0.5, 0.6) is 5.75 Å². The minimum absolute atomic E-state index is 0.117. The van der Waals surface area contributed by atoms with Gasteiger partial charge in [-0.15, -0.1) is 0 Å². The summed E-state index contributed by atoms with van der Waals surface area (Å²) < 4.78 is 31.9. The van der Waals surface area contributed by atoms with Crippen LogP contribution in [-0.4, -0.2) is 25.9 Å². The van der Waals surface area contributed by atoms with Crippen LogP contribution in [0.15, 0.2) is 18.2 Å². The number of para-hydroxylation sites is 1. The zero-order valence-corrected chi connectivity index (χ0v) is 13.7. The Morgan fingerprint density at radius 2 is 1.95 bits per heavy atom. The molecule has 0 radical (unpaired) electrons. The predicted molar refractivity (Wildman–Crippen MR) is 82.9 cm³/mol. The van der Waals surface area contributed by atoms with Gasteiger partial charge >= 0.3 is 10.3 Å². The first kappa shape index (κ1) is 17.5. The Hall–Kier alpha value is -0.860. The first-order valence-corrected chi connectivity index (χ1v) is 9.00. The van der Waals surface area contributed by atoms with E-state index in [1.54, 1.807) is 18.2 Å². The Balaban J connectivity index is 2.12. The highest BCUT2D eigenvalue weighted by molar-refractivity contribution is 7.84. The van der Waals surface area contributed by atoms with Crippen molar-refractivity contribution in [3.05, 3.63) is 28.8 Å². The third-order valence-corrected chi connectivity index (χ3v) is 4.39. The third kappa shape index (κ3) is 5.10. The van der Waals surface area contributed by atoms with Crippen molar-refractivity contribution in [1.82, 2.24) is 0 Å². The lowest BCUT2D eigenvalue weighted by atomic mass is 9.94. The predicted octanol–water partition coefficient (Wildman–Crippen LogP) is 2.13. The second-order valence-corrected chi connectivity index (χ2v) is 7.03. The van der Waals surface area contributed by atoms with Crippen molar-refractivity contribution < 1.29 is 22.4 Å². The molecular formula is C14H20ClNO5S. The minimum Gasteiger partial charge on any atom is -0.461 e. The van der Waals surface area contributed by atoms with Gasteiger partial charge in [-0.25, -0.2) is 5.14 Å². The molecule has 124 valence electrons. The molecule has 0 unspecified atom stereocenters. The summed E-state index contributed by atoms with van der Waals surface area (Å²) in [6, 6.07) is 5.14. The minimum atomic E-state index is -3.98. The third-order valence-electron chi connectivity index (χ3n) is 3.59. The molecule has 1 saturated carbocycles. The summed E-state index contributed by atoms with van der Waals surface area (Å²) in [7, 11) is -3.98. The van der Waals surface area contributed by atoms with Gasteiger partial charge in [0.2, 0.25) is 5.79 Å². The highest BCUT2D eigenvalue weighted by atomic mass is 35.5. The smallest absolute Gasteiger partial charge is 0.333 e. The first-order valence-electron chi connectivity index (χ1n) is 7.15. The van der Waals surface area contributed by atoms with E-state index < -0.39 is 16.1 Å². The summed E-state index contributed by atoms with van der Waals surface area (Å²) in [5, 5.41) is 15.7. The molecule has 22 heavy (non-hydrogen) atoms. The van der Waals surface area contributed by atoms with Crippen LogP contribution in [0.25, 0.3) is 0 Å². The van der Waals surface area contributed by atoms with Crippen LogP contribution >= 0.6 is 11.6 Å². The van der Waals surface area contributed by atoms with Crippen LogP contribution in [0.3, 0.4) is 0 Å². The molecular weight excluding hydrogens is 330 g/mol. The highest BCUT2D eigenvalue weighted by Gasteiger charge is 2.32. The molecule has 1 fully saturated rings. The van der Waals surface area contributed by atoms with Gasteiger partial charge in [-0.05, 0) is 24.5 Å². The SMILES string of the molecule is NS(=O)(=O)OCCc1cccc(Cl)c1OC1(O)CCCCC1. The summed E-state index contributed by atoms with van der Waals surface area (Å²) in [5.41, 5.74) is 0.662. The molecule has 8 heteroatoms. The lowest BCUT2D eigenvalue weighted by Crippen LogP contribution is -2.38. The number of halogens is 1. The van der Waals surface area contributed by atoms with E-state index in [1.165, 1.54) is 0 Å². The molecule has 2 rings (SSSR count). The number of rotatable bonds is 6. The topological polar surface area (TPSA) is 98.9 Å². The van der Waals surface area contributed by atoms with E-state index in [1.807, 2.05) is 0 Å². The van der Waals surface area contributed by atoms with Gasteiger partial charge in [0.25, 0.3) is 0 Å². The van der Waals surface area contributed by atoms with Gasteiger partial charge in [0, 0.05) is 19.3 Å². The zero-order valence-electron chi connectivity index (χ0n) is 12.1. The fraction of sp³-hybridized carbons (Fsp3) is 0.571. The summed E-state index contributed by atoms with van der Waals surface area (Å²) in [6.07, 6.45) is 4.21. The maximum Gasteiger partial charge on any atom is 0.333 e. The van der Waals surface area contributed by atoms with Crippen molar-refractivity contribution in [3.8, 4) is 5.75 Å².